The van der Waals surface area contributed by atoms with Crippen molar-refractivity contribution in [1.82, 2.24) is 25.0 Å². The molecule has 2 atom stereocenters. The van der Waals surface area contributed by atoms with Crippen LogP contribution < -0.4 is 15.5 Å². The zero-order valence-corrected chi connectivity index (χ0v) is 32.5. The summed E-state index contributed by atoms with van der Waals surface area (Å²) in [5.41, 5.74) is 3.80. The van der Waals surface area contributed by atoms with Crippen LogP contribution in [-0.2, 0) is 27.5 Å². The summed E-state index contributed by atoms with van der Waals surface area (Å²) in [4.78, 5) is 88.5. The number of amides is 6. The highest BCUT2D eigenvalue weighted by atomic mass is 32.1. The number of nitrogens with zero attached hydrogens (tertiary/aromatic N) is 5. The molecule has 17 heteroatoms. The number of hydrogen-bond acceptors (Lipinski definition) is 11. The van der Waals surface area contributed by atoms with Crippen molar-refractivity contribution in [2.45, 2.75) is 38.0 Å². The monoisotopic (exact) mass is 831 g/mol. The number of carbonyl (C=O) groups excluding carboxylic acids is 6. The Morgan fingerprint density at radius 1 is 0.867 bits per heavy atom. The van der Waals surface area contributed by atoms with E-state index in [0.29, 0.717) is 42.4 Å². The number of nitrogens with one attached hydrogen (secondary N) is 2. The highest BCUT2D eigenvalue weighted by Crippen LogP contribution is 2.38. The molecular weight excluding hydrogens is 797 g/mol. The van der Waals surface area contributed by atoms with Crippen LogP contribution in [0.1, 0.15) is 66.6 Å². The Morgan fingerprint density at radius 3 is 2.32 bits per heavy atom. The van der Waals surface area contributed by atoms with Crippen LogP contribution >= 0.6 is 11.3 Å². The van der Waals surface area contributed by atoms with Crippen molar-refractivity contribution in [1.29, 1.82) is 0 Å². The Hall–Kier alpha value is -6.85. The Labute approximate surface area is 345 Å². The second-order valence-corrected chi connectivity index (χ2v) is 15.9. The fourth-order valence-electron chi connectivity index (χ4n) is 8.29. The zero-order chi connectivity index (χ0) is 41.8. The number of piperazine rings is 1. The van der Waals surface area contributed by atoms with Gasteiger partial charge < -0.3 is 14.9 Å². The first-order chi connectivity index (χ1) is 28.9. The van der Waals surface area contributed by atoms with Crippen LogP contribution in [0.15, 0.2) is 84.4 Å². The smallest absolute Gasteiger partial charge is 0.262 e. The lowest BCUT2D eigenvalue weighted by Crippen LogP contribution is -2.54. The van der Waals surface area contributed by atoms with E-state index in [-0.39, 0.29) is 53.9 Å². The molecular formula is C43H35F2N7O7S. The summed E-state index contributed by atoms with van der Waals surface area (Å²) in [6.07, 6.45) is 1.52. The molecule has 2 saturated heterocycles. The summed E-state index contributed by atoms with van der Waals surface area (Å²) >= 11 is 1.18. The highest BCUT2D eigenvalue weighted by Gasteiger charge is 2.45. The molecule has 0 spiro atoms. The Bertz CT molecular complexity index is 2610. The topological polar surface area (TPSA) is 173 Å². The number of halogens is 2. The van der Waals surface area contributed by atoms with Gasteiger partial charge in [0.2, 0.25) is 11.8 Å². The van der Waals surface area contributed by atoms with Crippen molar-refractivity contribution in [2.24, 2.45) is 0 Å². The maximum absolute atomic E-state index is 15.4. The van der Waals surface area contributed by atoms with Gasteiger partial charge >= 0.3 is 0 Å². The molecule has 4 aliphatic rings. The molecule has 6 amide bonds. The van der Waals surface area contributed by atoms with Gasteiger partial charge in [-0.15, -0.1) is 11.3 Å². The van der Waals surface area contributed by atoms with Crippen molar-refractivity contribution in [2.75, 3.05) is 36.4 Å². The Kier molecular flexibility index (Phi) is 9.92. The van der Waals surface area contributed by atoms with Gasteiger partial charge in [-0.3, -0.25) is 49.2 Å². The van der Waals surface area contributed by atoms with E-state index in [9.17, 15) is 38.3 Å². The molecule has 304 valence electrons. The molecule has 0 saturated carbocycles. The molecule has 5 heterocycles. The molecule has 9 rings (SSSR count). The summed E-state index contributed by atoms with van der Waals surface area (Å²) in [5, 5.41) is 17.5. The third-order valence-electron chi connectivity index (χ3n) is 11.4. The van der Waals surface area contributed by atoms with Crippen molar-refractivity contribution in [3.8, 4) is 16.9 Å². The lowest BCUT2D eigenvalue weighted by Gasteiger charge is -2.36. The van der Waals surface area contributed by atoms with E-state index < -0.39 is 59.2 Å². The van der Waals surface area contributed by atoms with E-state index in [0.717, 1.165) is 46.0 Å². The number of phenolic OH excluding ortho intramolecular Hbond substituents is 1. The number of benzene rings is 4. The van der Waals surface area contributed by atoms with Crippen molar-refractivity contribution < 1.29 is 42.7 Å². The average Bonchev–Trinajstić information content (AvgIpc) is 3.93. The number of carbonyl (C=O) groups is 6. The number of fused-ring (bicyclic) bond motifs is 2. The van der Waals surface area contributed by atoms with Crippen LogP contribution in [-0.4, -0.2) is 92.5 Å². The number of aromatic nitrogens is 1. The normalized spacial score (nSPS) is 18.5. The number of piperidine rings is 1. The van der Waals surface area contributed by atoms with Crippen molar-refractivity contribution in [3.63, 3.8) is 0 Å². The predicted octanol–water partition coefficient (Wildman–Crippen LogP) is 4.85. The van der Waals surface area contributed by atoms with Crippen LogP contribution in [0.25, 0.3) is 11.1 Å². The maximum Gasteiger partial charge on any atom is 0.262 e. The van der Waals surface area contributed by atoms with Gasteiger partial charge in [0, 0.05) is 79.6 Å². The summed E-state index contributed by atoms with van der Waals surface area (Å²) in [5.74, 6) is -5.35. The third kappa shape index (κ3) is 7.04. The minimum Gasteiger partial charge on any atom is -0.508 e. The average molecular weight is 832 g/mol. The quantitative estimate of drug-likeness (QED) is 0.175. The lowest BCUT2D eigenvalue weighted by atomic mass is 10.00. The van der Waals surface area contributed by atoms with E-state index in [4.69, 9.17) is 0 Å². The van der Waals surface area contributed by atoms with Crippen molar-refractivity contribution in [3.05, 3.63) is 129 Å². The molecule has 0 radical (unpaired) electrons. The molecule has 3 N–H and O–H groups in total. The van der Waals surface area contributed by atoms with E-state index in [1.165, 1.54) is 28.5 Å². The molecule has 60 heavy (non-hydrogen) atoms. The van der Waals surface area contributed by atoms with Gasteiger partial charge in [0.1, 0.15) is 29.5 Å². The number of rotatable bonds is 9. The van der Waals surface area contributed by atoms with E-state index in [1.54, 1.807) is 11.4 Å². The predicted molar refractivity (Wildman–Crippen MR) is 214 cm³/mol. The van der Waals surface area contributed by atoms with Crippen LogP contribution in [0.5, 0.6) is 5.75 Å². The number of aromatic hydroxyl groups is 1. The number of anilines is 2. The van der Waals surface area contributed by atoms with Gasteiger partial charge in [-0.1, -0.05) is 24.3 Å². The van der Waals surface area contributed by atoms with Gasteiger partial charge in [0.25, 0.3) is 23.6 Å². The second kappa shape index (κ2) is 15.4. The fourth-order valence-corrected chi connectivity index (χ4v) is 8.82. The van der Waals surface area contributed by atoms with E-state index >= 15 is 4.39 Å². The molecule has 0 bridgehead atoms. The van der Waals surface area contributed by atoms with E-state index in [1.807, 2.05) is 36.4 Å². The zero-order valence-electron chi connectivity index (χ0n) is 31.7. The molecule has 0 aliphatic carbocycles. The molecule has 1 aromatic heterocycles. The molecule has 2 unspecified atom stereocenters. The first-order valence-corrected chi connectivity index (χ1v) is 20.1. The summed E-state index contributed by atoms with van der Waals surface area (Å²) in [6.45, 7) is 2.72. The second-order valence-electron chi connectivity index (χ2n) is 15.0. The minimum absolute atomic E-state index is 0.00990. The summed E-state index contributed by atoms with van der Waals surface area (Å²) in [6, 6.07) is 16.6. The van der Waals surface area contributed by atoms with Crippen LogP contribution in [0.3, 0.4) is 0 Å². The maximum atomic E-state index is 15.4. The van der Waals surface area contributed by atoms with Gasteiger partial charge in [-0.05, 0) is 71.6 Å². The van der Waals surface area contributed by atoms with Gasteiger partial charge in [-0.25, -0.2) is 13.8 Å². The lowest BCUT2D eigenvalue weighted by molar-refractivity contribution is -0.136. The SMILES string of the molecule is O=C1CCC(N2C(=O)c3cc(F)c(CN4CCN(c5ccc(-c6ccc7c(c6)C(=O)N(C(C(=O)Nc6nccs6)c6cc(F)ccc6O)C7)cc5)CC4)cc3C2=O)C(=O)N1. The number of imide groups is 2. The van der Waals surface area contributed by atoms with Gasteiger partial charge in [0.15, 0.2) is 5.13 Å². The number of thiazole rings is 1. The molecule has 4 aromatic carbocycles. The minimum atomic E-state index is -1.34. The van der Waals surface area contributed by atoms with Crippen LogP contribution in [0.4, 0.5) is 19.6 Å². The third-order valence-corrected chi connectivity index (χ3v) is 12.1. The molecule has 2 fully saturated rings. The number of hydrogen-bond donors (Lipinski definition) is 3. The summed E-state index contributed by atoms with van der Waals surface area (Å²) < 4.78 is 29.8. The van der Waals surface area contributed by atoms with Gasteiger partial charge in [-0.2, -0.15) is 0 Å². The first-order valence-electron chi connectivity index (χ1n) is 19.2. The largest absolute Gasteiger partial charge is 0.508 e. The van der Waals surface area contributed by atoms with Crippen LogP contribution in [0, 0.1) is 11.6 Å². The van der Waals surface area contributed by atoms with Crippen molar-refractivity contribution >= 4 is 57.6 Å². The first kappa shape index (κ1) is 38.7. The summed E-state index contributed by atoms with van der Waals surface area (Å²) in [7, 11) is 0. The van der Waals surface area contributed by atoms with E-state index in [2.05, 4.69) is 25.4 Å². The Morgan fingerprint density at radius 2 is 1.60 bits per heavy atom. The standard InChI is InChI=1S/C43H35F2N7O7S/c44-27-5-9-35(53)32(19-27)37(39(56)48-43-46-11-16-60-43)51-22-25-2-1-24(17-29(25)40(51)57)23-3-6-28(7-4-23)50-14-12-49(13-15-50)21-26-18-30-31(20-33(26)45)42(59)52(41(30)58)34-8-10-36(54)47-38(34)55/h1-7,9,11,16-20,34,37,53H,8,10,12-15,21-22H2,(H,46,48,56)(H,47,54,55). The van der Waals surface area contributed by atoms with Gasteiger partial charge in [0.05, 0.1) is 11.1 Å². The molecule has 4 aliphatic heterocycles. The Balaban J connectivity index is 0.851. The fraction of sp³-hybridized carbons (Fsp3) is 0.233. The highest BCUT2D eigenvalue weighted by molar-refractivity contribution is 7.13. The van der Waals surface area contributed by atoms with Crippen LogP contribution in [0.2, 0.25) is 0 Å². The number of phenols is 1. The molecule has 5 aromatic rings. The molecule has 14 nitrogen and oxygen atoms in total.